The van der Waals surface area contributed by atoms with Gasteiger partial charge in [0.15, 0.2) is 23.0 Å². The summed E-state index contributed by atoms with van der Waals surface area (Å²) in [5.41, 5.74) is 6.44. The number of aliphatic hydroxyl groups is 3. The molecule has 0 spiro atoms. The fourth-order valence-electron chi connectivity index (χ4n) is 11.7. The SMILES string of the molecule is CC(=O)C=C(C)O.CC(=O)C=C(C)O.CC(=O)C=C(C)O.Cc1c[c-]c(-c2ccccn2)cc1.FC(F)(F)Oc1c[c-]c(-c2ccccn2)c(OC(F)(F)F)c1.Fc1c[c-]c(-c2ccccn2)c(F)c1.[C-]#[N+]c1c(F)c[c-]c(-c2ccccn2)c1F.[CH2-]C1CCCCC1.[Cl][Ir+2].[Ir].[Ir].[Pt].[Pt].[Pt].[c-]1cccc2ccc3cccnc3c12.[c-]1ccccc1-c1ccccn1.c1cnn(B(n2cccn2)n2cccn2)c1. The first-order chi connectivity index (χ1) is 65.6. The molecule has 0 atom stereocenters. The molecule has 1 aliphatic rings. The second-order valence-corrected chi connectivity index (χ2v) is 28.4. The zero-order chi connectivity index (χ0) is 100. The number of nitrogens with zero attached hydrogens (tertiary/aromatic N) is 13. The van der Waals surface area contributed by atoms with E-state index in [2.05, 4.69) is 150 Å². The van der Waals surface area contributed by atoms with Crippen molar-refractivity contribution in [3.05, 3.63) is 418 Å². The zero-order valence-electron chi connectivity index (χ0n) is 76.2. The van der Waals surface area contributed by atoms with Gasteiger partial charge in [0.25, 0.3) is 0 Å². The number of aromatic nitrogens is 12. The number of rotatable bonds is 13. The fourth-order valence-corrected chi connectivity index (χ4v) is 11.7. The molecule has 0 bridgehead atoms. The van der Waals surface area contributed by atoms with Crippen LogP contribution in [0, 0.1) is 86.0 Å². The Morgan fingerprint density at radius 1 is 0.465 bits per heavy atom. The van der Waals surface area contributed by atoms with E-state index in [9.17, 15) is 58.3 Å². The Kier molecular flexibility index (Phi) is 62.9. The van der Waals surface area contributed by atoms with Gasteiger partial charge in [-0.05, 0) is 136 Å². The number of alkyl halides is 6. The van der Waals surface area contributed by atoms with E-state index in [4.69, 9.17) is 21.9 Å². The summed E-state index contributed by atoms with van der Waals surface area (Å²) < 4.78 is 139. The van der Waals surface area contributed by atoms with Crippen LogP contribution in [0.2, 0.25) is 0 Å². The van der Waals surface area contributed by atoms with Gasteiger partial charge in [0.1, 0.15) is 0 Å². The molecular formula is C103H89BClF10Ir3N13O8Pt3-5. The Hall–Kier alpha value is -12.0. The van der Waals surface area contributed by atoms with Crippen LogP contribution in [-0.4, -0.2) is 111 Å². The molecule has 3 N–H and O–H groups in total. The van der Waals surface area contributed by atoms with Crippen LogP contribution in [0.5, 0.6) is 11.5 Å². The number of hydrogen-bond donors (Lipinski definition) is 3. The van der Waals surface area contributed by atoms with E-state index < -0.39 is 53.2 Å². The topological polar surface area (TPSA) is 266 Å². The molecule has 21 nitrogen and oxygen atoms in total. The number of carbonyl (C=O) groups is 3. The fraction of sp³-hybridized carbons (Fsp3) is 0.146. The van der Waals surface area contributed by atoms with E-state index in [0.29, 0.717) is 17.5 Å². The number of allylic oxidation sites excluding steroid dienone is 6. The third-order valence-electron chi connectivity index (χ3n) is 17.3. The summed E-state index contributed by atoms with van der Waals surface area (Å²) in [5, 5.41) is 41.2. The summed E-state index contributed by atoms with van der Waals surface area (Å²) in [4.78, 5) is 57.4. The number of ketones is 3. The van der Waals surface area contributed by atoms with Crippen LogP contribution in [0.1, 0.15) is 79.2 Å². The van der Waals surface area contributed by atoms with Crippen molar-refractivity contribution in [3.8, 4) is 67.8 Å². The largest absolute Gasteiger partial charge is 0.568 e. The van der Waals surface area contributed by atoms with E-state index in [0.717, 1.165) is 63.6 Å². The van der Waals surface area contributed by atoms with E-state index in [1.807, 2.05) is 134 Å². The van der Waals surface area contributed by atoms with Crippen LogP contribution in [0.25, 0.3) is 82.8 Å². The third kappa shape index (κ3) is 49.1. The van der Waals surface area contributed by atoms with Gasteiger partial charge in [-0.2, -0.15) is 21.2 Å². The number of carbonyl (C=O) groups excluding carboxylic acids is 3. The minimum absolute atomic E-state index is 0. The number of pyridine rings is 6. The van der Waals surface area contributed by atoms with Crippen LogP contribution in [0.4, 0.5) is 49.6 Å². The van der Waals surface area contributed by atoms with Gasteiger partial charge in [-0.1, -0.05) is 141 Å². The van der Waals surface area contributed by atoms with Crippen molar-refractivity contribution >= 4 is 61.4 Å². The summed E-state index contributed by atoms with van der Waals surface area (Å²) >= 11 is 1.47. The number of hydrogen-bond acceptors (Lipinski definition) is 17. The average Bonchev–Trinajstić information content (AvgIpc) is 1.21. The molecule has 142 heavy (non-hydrogen) atoms. The molecule has 39 heteroatoms. The number of halogens is 11. The first kappa shape index (κ1) is 128. The molecule has 7 aromatic carbocycles. The van der Waals surface area contributed by atoms with Crippen LogP contribution in [-0.2, 0) is 136 Å². The monoisotopic (exact) mass is 3040 g/mol. The minimum atomic E-state index is -5.09. The number of benzene rings is 7. The maximum Gasteiger partial charge on any atom is 0.568 e. The summed E-state index contributed by atoms with van der Waals surface area (Å²) in [6.07, 6.45) is 21.0. The number of aryl methyl sites for hydroxylation is 1. The van der Waals surface area contributed by atoms with Crippen LogP contribution < -0.4 is 9.47 Å². The molecular weight excluding hydrogens is 2950 g/mol. The normalized spacial score (nSPS) is 10.9. The summed E-state index contributed by atoms with van der Waals surface area (Å²) in [6, 6.07) is 80.8. The van der Waals surface area contributed by atoms with E-state index in [-0.39, 0.29) is 168 Å². The van der Waals surface area contributed by atoms with Gasteiger partial charge in [-0.15, -0.1) is 175 Å². The summed E-state index contributed by atoms with van der Waals surface area (Å²) in [6.45, 7) is 21.3. The molecule has 9 aromatic heterocycles. The van der Waals surface area contributed by atoms with Crippen LogP contribution in [0.3, 0.4) is 0 Å². The van der Waals surface area contributed by atoms with Gasteiger partial charge in [-0.25, -0.2) is 0 Å². The molecule has 0 aliphatic heterocycles. The molecule has 9 heterocycles. The molecule has 17 rings (SSSR count). The van der Waals surface area contributed by atoms with Crippen molar-refractivity contribution in [1.82, 2.24) is 59.0 Å². The van der Waals surface area contributed by atoms with Crippen molar-refractivity contribution in [2.45, 2.75) is 93.3 Å². The predicted octanol–water partition coefficient (Wildman–Crippen LogP) is 25.5. The zero-order valence-corrected chi connectivity index (χ0v) is 91.0. The van der Waals surface area contributed by atoms with Crippen molar-refractivity contribution in [3.63, 3.8) is 0 Å². The predicted molar refractivity (Wildman–Crippen MR) is 502 cm³/mol. The molecule has 0 unspecified atom stereocenters. The molecule has 16 aromatic rings. The molecule has 1 fully saturated rings. The smallest absolute Gasteiger partial charge is 0.305 e. The van der Waals surface area contributed by atoms with Crippen LogP contribution in [0.15, 0.2) is 334 Å². The Labute approximate surface area is 901 Å². The van der Waals surface area contributed by atoms with Gasteiger partial charge >= 0.3 is 47.3 Å². The Morgan fingerprint density at radius 2 is 0.887 bits per heavy atom. The quantitative estimate of drug-likeness (QED) is 0.0242. The summed E-state index contributed by atoms with van der Waals surface area (Å²) in [5.74, 6) is -4.30. The number of ether oxygens (including phenoxy) is 2. The maximum absolute atomic E-state index is 13.7. The number of aliphatic hydroxyl groups excluding tert-OH is 3. The second-order valence-electron chi connectivity index (χ2n) is 28.4. The first-order valence-corrected chi connectivity index (χ1v) is 44.1. The van der Waals surface area contributed by atoms with E-state index in [1.165, 1.54) is 157 Å². The maximum atomic E-state index is 13.7. The van der Waals surface area contributed by atoms with Crippen molar-refractivity contribution in [2.24, 2.45) is 5.92 Å². The van der Waals surface area contributed by atoms with Crippen LogP contribution >= 0.6 is 9.58 Å². The van der Waals surface area contributed by atoms with Gasteiger partial charge in [-0.3, -0.25) is 50.6 Å². The summed E-state index contributed by atoms with van der Waals surface area (Å²) in [7, 11) is 4.44. The third-order valence-corrected chi connectivity index (χ3v) is 17.3. The average molecular weight is 3040 g/mol. The van der Waals surface area contributed by atoms with Gasteiger partial charge in [0, 0.05) is 231 Å². The molecule has 0 amide bonds. The molecule has 2 radical (unpaired) electrons. The second kappa shape index (κ2) is 69.8. The molecule has 756 valence electrons. The minimum Gasteiger partial charge on any atom is -0.305 e. The Balaban J connectivity index is 0.000000790. The van der Waals surface area contributed by atoms with Gasteiger partial charge < -0.3 is 61.6 Å². The molecule has 0 saturated heterocycles. The number of fused-ring (bicyclic) bond motifs is 3. The first-order valence-electron chi connectivity index (χ1n) is 41.1. The van der Waals surface area contributed by atoms with Crippen molar-refractivity contribution in [2.75, 3.05) is 0 Å². The van der Waals surface area contributed by atoms with Crippen molar-refractivity contribution < 1.29 is 204 Å². The van der Waals surface area contributed by atoms with Crippen molar-refractivity contribution in [1.29, 1.82) is 0 Å². The molecule has 1 aliphatic carbocycles. The Bertz CT molecular complexity index is 6190. The van der Waals surface area contributed by atoms with E-state index in [1.54, 1.807) is 87.4 Å². The van der Waals surface area contributed by atoms with E-state index >= 15 is 0 Å². The Morgan fingerprint density at radius 3 is 1.27 bits per heavy atom. The van der Waals surface area contributed by atoms with Gasteiger partial charge in [0.05, 0.1) is 23.8 Å². The molecule has 1 saturated carbocycles. The standard InChI is InChI=1S/C13H6F6NO2.C13H8N.C12H5F2N2.C12H10N.C11H6F2N.C11H8N.C9H9BN6.C7H13.3C5H8O2.ClH.3Ir.3Pt/c14-12(15,16)21-8-4-5-9(10-3-1-2-6-20-10)11(7-8)22-13(17,18)19;1-2-6-12-10(4-1)7-8-11-5-3-9-14-13(11)12;1-15-12-9(13)6-5-8(11(12)14)10-4-2-3-7-16-10;1-10-5-7-11(8-6-10)12-4-2-3-9-13-12;12-8-4-5-9(10(13)7-8)11-3-1-2-6-14-11;1-2-6-10(7-3-1)11-8-4-5-9-12-11;1-4-11-14(7-1)10(15-8-2-5-12-15)16-9-3-6-13-16;1-7-5-3-2-4-6-7;3*1-4(6)3-5(2)7;;;;;;;/h1-4,6-7H;1-5,7-9H;2-4,6-7H;2-7,9H,1H3;1-4,6-7H;1-6,8-9H;1-9H;7H,1-6H2;3*3,6H,1-2H3;1H;;;;;;/q6*-1;;-1;;;;;;;+3;;;/p-1. The van der Waals surface area contributed by atoms with Gasteiger partial charge in [0.2, 0.25) is 0 Å².